The van der Waals surface area contributed by atoms with Gasteiger partial charge in [-0.3, -0.25) is 23.8 Å². The molecule has 228 valence electrons. The van der Waals surface area contributed by atoms with Crippen molar-refractivity contribution in [1.82, 2.24) is 15.2 Å². The average molecular weight is 595 g/mol. The molecule has 0 saturated carbocycles. The van der Waals surface area contributed by atoms with Crippen LogP contribution < -0.4 is 10.2 Å². The number of pyridine rings is 1. The van der Waals surface area contributed by atoms with Crippen LogP contribution in [-0.4, -0.2) is 100 Å². The molecule has 40 heavy (non-hydrogen) atoms. The second-order valence-electron chi connectivity index (χ2n) is 7.35. The van der Waals surface area contributed by atoms with Crippen molar-refractivity contribution < 1.29 is 58.0 Å². The molecule has 5 N–H and O–H groups in total. The normalized spacial score (nSPS) is 10.6. The smallest absolute Gasteiger partial charge is 0.412 e. The number of anilines is 1. The number of nitrogens with zero attached hydrogens (tertiary/aromatic N) is 3. The number of carbonyl (C=O) groups excluding carboxylic acids is 3. The average Bonchev–Trinajstić information content (AvgIpc) is 2.91. The summed E-state index contributed by atoms with van der Waals surface area (Å²) in [5.74, 6) is -3.49. The van der Waals surface area contributed by atoms with Crippen molar-refractivity contribution in [2.75, 3.05) is 39.0 Å². The number of hydrogen-bond acceptors (Lipinski definition) is 11. The fourth-order valence-electron chi connectivity index (χ4n) is 2.67. The summed E-state index contributed by atoms with van der Waals surface area (Å²) < 4.78 is 13.8. The molecule has 1 aromatic heterocycles. The predicted molar refractivity (Wildman–Crippen MR) is 143 cm³/mol. The summed E-state index contributed by atoms with van der Waals surface area (Å²) in [5, 5.41) is 20.0. The highest BCUT2D eigenvalue weighted by Gasteiger charge is 2.26. The van der Waals surface area contributed by atoms with Crippen LogP contribution in [0.5, 0.6) is 0 Å². The number of aromatic nitrogens is 1. The largest absolute Gasteiger partial charge is 0.481 e. The first-order chi connectivity index (χ1) is 19.0. The van der Waals surface area contributed by atoms with Crippen LogP contribution in [0.1, 0.15) is 45.6 Å². The van der Waals surface area contributed by atoms with Crippen molar-refractivity contribution in [3.05, 3.63) is 23.9 Å². The van der Waals surface area contributed by atoms with Gasteiger partial charge in [0.25, 0.3) is 0 Å². The van der Waals surface area contributed by atoms with Crippen LogP contribution in [-0.2, 0) is 39.7 Å². The molecular weight excluding hydrogens is 555 g/mol. The zero-order valence-electron chi connectivity index (χ0n) is 23.2. The molecule has 0 aliphatic rings. The van der Waals surface area contributed by atoms with E-state index in [9.17, 15) is 29.1 Å². The van der Waals surface area contributed by atoms with E-state index in [1.54, 1.807) is 7.11 Å². The molecule has 3 amide bonds. The first kappa shape index (κ1) is 38.7. The Hall–Kier alpha value is -3.43. The van der Waals surface area contributed by atoms with Crippen LogP contribution >= 0.6 is 8.60 Å². The maximum atomic E-state index is 12.4. The fraction of sp³-hybridized carbons (Fsp3) is 0.565. The molecular formula is C23H39N4O12P. The second kappa shape index (κ2) is 23.5. The minimum atomic E-state index is -2.80. The summed E-state index contributed by atoms with van der Waals surface area (Å²) >= 11 is 0. The maximum absolute atomic E-state index is 12.4. The van der Waals surface area contributed by atoms with Crippen molar-refractivity contribution in [3.8, 4) is 0 Å². The van der Waals surface area contributed by atoms with Crippen molar-refractivity contribution in [1.29, 1.82) is 0 Å². The first-order valence-electron chi connectivity index (χ1n) is 12.0. The van der Waals surface area contributed by atoms with Crippen molar-refractivity contribution in [3.63, 3.8) is 0 Å². The quantitative estimate of drug-likeness (QED) is 0.103. The number of ether oxygens (including phenoxy) is 2. The lowest BCUT2D eigenvalue weighted by Gasteiger charge is -2.24. The van der Waals surface area contributed by atoms with E-state index in [0.29, 0.717) is 12.0 Å². The molecule has 17 heteroatoms. The highest BCUT2D eigenvalue weighted by Crippen LogP contribution is 2.24. The number of hydrogen-bond donors (Lipinski definition) is 5. The molecule has 16 nitrogen and oxygen atoms in total. The number of methoxy groups -OCH3 is 1. The van der Waals surface area contributed by atoms with Crippen LogP contribution in [0.2, 0.25) is 0 Å². The third kappa shape index (κ3) is 18.0. The molecule has 1 rings (SSSR count). The second-order valence-corrected chi connectivity index (χ2v) is 8.12. The Morgan fingerprint density at radius 1 is 1.20 bits per heavy atom. The van der Waals surface area contributed by atoms with Crippen molar-refractivity contribution >= 4 is 44.8 Å². The van der Waals surface area contributed by atoms with Gasteiger partial charge in [-0.1, -0.05) is 26.8 Å². The number of carboxylic acids is 2. The Kier molecular flexibility index (Phi) is 22.7. The van der Waals surface area contributed by atoms with Gasteiger partial charge >= 0.3 is 26.6 Å². The third-order valence-corrected chi connectivity index (χ3v) is 4.69. The highest BCUT2D eigenvalue weighted by molar-refractivity contribution is 7.39. The van der Waals surface area contributed by atoms with Crippen LogP contribution in [0.25, 0.3) is 0 Å². The van der Waals surface area contributed by atoms with Gasteiger partial charge in [-0.2, -0.15) is 0 Å². The van der Waals surface area contributed by atoms with E-state index in [1.807, 2.05) is 13.8 Å². The lowest BCUT2D eigenvalue weighted by atomic mass is 10.1. The number of aliphatic carboxylic acids is 2. The van der Waals surface area contributed by atoms with Crippen LogP contribution in [0.15, 0.2) is 18.3 Å². The molecule has 0 aliphatic carbocycles. The Morgan fingerprint density at radius 2 is 1.85 bits per heavy atom. The van der Waals surface area contributed by atoms with Gasteiger partial charge in [-0.15, -0.1) is 0 Å². The van der Waals surface area contributed by atoms with Crippen molar-refractivity contribution in [2.24, 2.45) is 0 Å². The Balaban J connectivity index is 0. The van der Waals surface area contributed by atoms with E-state index < -0.39 is 58.3 Å². The fourth-order valence-corrected chi connectivity index (χ4v) is 2.82. The molecule has 0 bridgehead atoms. The van der Waals surface area contributed by atoms with E-state index in [4.69, 9.17) is 24.4 Å². The monoisotopic (exact) mass is 594 g/mol. The zero-order chi connectivity index (χ0) is 31.1. The Labute approximate surface area is 233 Å². The molecule has 0 spiro atoms. The van der Waals surface area contributed by atoms with E-state index in [0.717, 1.165) is 22.8 Å². The predicted octanol–water partition coefficient (Wildman–Crippen LogP) is 1.30. The van der Waals surface area contributed by atoms with Gasteiger partial charge in [0.2, 0.25) is 19.1 Å². The molecule has 0 aliphatic heterocycles. The number of carbonyl (C=O) groups is 5. The first-order valence-corrected chi connectivity index (χ1v) is 13.2. The summed E-state index contributed by atoms with van der Waals surface area (Å²) in [7, 11) is 0.317. The van der Waals surface area contributed by atoms with Crippen LogP contribution in [0.3, 0.4) is 0 Å². The minimum absolute atomic E-state index is 0.168. The lowest BCUT2D eigenvalue weighted by Crippen LogP contribution is -2.47. The van der Waals surface area contributed by atoms with Gasteiger partial charge in [0.15, 0.2) is 0 Å². The molecule has 0 fully saturated rings. The number of nitrogens with one attached hydrogen (secondary N) is 1. The lowest BCUT2D eigenvalue weighted by molar-refractivity contribution is -0.143. The van der Waals surface area contributed by atoms with Gasteiger partial charge in [0, 0.05) is 38.9 Å². The standard InChI is InChI=1S/C17H23N4O11P.C4H10O.C2H6/c1-20(9-22)15-11(3-2-6-18-15)7-21(17(28)31-10-32-33(29)30)8-13(23)19-12(16(26)27)4-5-14(24)25;1-3-4-5-2;1-2/h2-3,6,9,12,29-30H,4-5,7-8,10H2,1H3,(H,19,23)(H,24,25)(H,26,27);3-4H2,1-2H3;1-2H3. The van der Waals surface area contributed by atoms with Gasteiger partial charge in [-0.05, 0) is 18.9 Å². The molecule has 1 heterocycles. The number of carboxylic acid groups (broad SMARTS) is 2. The minimum Gasteiger partial charge on any atom is -0.481 e. The van der Waals surface area contributed by atoms with Crippen LogP contribution in [0, 0.1) is 0 Å². The van der Waals surface area contributed by atoms with E-state index >= 15 is 0 Å². The van der Waals surface area contributed by atoms with Crippen molar-refractivity contribution in [2.45, 2.75) is 52.6 Å². The third-order valence-electron chi connectivity index (χ3n) is 4.35. The maximum Gasteiger partial charge on any atom is 0.412 e. The SMILES string of the molecule is CC.CCCOC.CN(C=O)c1ncccc1CN(CC(=O)NC(CCC(=O)O)C(=O)O)C(=O)OCOP(O)O. The van der Waals surface area contributed by atoms with E-state index in [1.165, 1.54) is 25.4 Å². The summed E-state index contributed by atoms with van der Waals surface area (Å²) in [4.78, 5) is 81.4. The number of amides is 3. The zero-order valence-corrected chi connectivity index (χ0v) is 24.1. The molecule has 1 aromatic rings. The molecule has 0 aromatic carbocycles. The topological polar surface area (TPSA) is 225 Å². The summed E-state index contributed by atoms with van der Waals surface area (Å²) in [6.45, 7) is 5.10. The molecule has 1 unspecified atom stereocenters. The summed E-state index contributed by atoms with van der Waals surface area (Å²) in [6.07, 6.45) is 0.955. The van der Waals surface area contributed by atoms with Gasteiger partial charge in [0.05, 0.1) is 6.54 Å². The molecule has 0 radical (unpaired) electrons. The van der Waals surface area contributed by atoms with Gasteiger partial charge in [-0.25, -0.2) is 14.6 Å². The van der Waals surface area contributed by atoms with Gasteiger partial charge in [0.1, 0.15) is 18.4 Å². The van der Waals surface area contributed by atoms with Gasteiger partial charge < -0.3 is 39.7 Å². The molecule has 1 atom stereocenters. The highest BCUT2D eigenvalue weighted by atomic mass is 31.2. The summed E-state index contributed by atoms with van der Waals surface area (Å²) in [5.41, 5.74) is 0.324. The van der Waals surface area contributed by atoms with Crippen LogP contribution in [0.4, 0.5) is 10.6 Å². The Morgan fingerprint density at radius 3 is 2.33 bits per heavy atom. The summed E-state index contributed by atoms with van der Waals surface area (Å²) in [6, 6.07) is 1.52. The Bertz CT molecular complexity index is 904. The van der Waals surface area contributed by atoms with E-state index in [2.05, 4.69) is 21.7 Å². The van der Waals surface area contributed by atoms with E-state index in [-0.39, 0.29) is 18.8 Å². The number of rotatable bonds is 16. The molecule has 0 saturated heterocycles.